The number of rotatable bonds is 3. The molecule has 0 aromatic heterocycles. The van der Waals surface area contributed by atoms with Gasteiger partial charge < -0.3 is 10.4 Å². The van der Waals surface area contributed by atoms with Gasteiger partial charge in [-0.15, -0.1) is 0 Å². The van der Waals surface area contributed by atoms with Crippen LogP contribution in [0.15, 0.2) is 47.4 Å². The maximum absolute atomic E-state index is 12.9. The van der Waals surface area contributed by atoms with E-state index in [1.165, 1.54) is 17.4 Å². The number of aliphatic hydroxyl groups excluding tert-OH is 1. The zero-order valence-corrected chi connectivity index (χ0v) is 14.1. The molecule has 7 heteroatoms. The maximum atomic E-state index is 12.9. The number of fused-ring (bicyclic) bond motifs is 2. The molecule has 2 aromatic carbocycles. The Morgan fingerprint density at radius 3 is 2.70 bits per heavy atom. The lowest BCUT2D eigenvalue weighted by Gasteiger charge is -2.21. The van der Waals surface area contributed by atoms with Crippen LogP contribution >= 0.6 is 11.6 Å². The summed E-state index contributed by atoms with van der Waals surface area (Å²) in [5.41, 5.74) is 2.07. The van der Waals surface area contributed by atoms with E-state index >= 15 is 0 Å². The Morgan fingerprint density at radius 1 is 1.22 bits per heavy atom. The zero-order chi connectivity index (χ0) is 16.6. The largest absolute Gasteiger partial charge is 0.395 e. The van der Waals surface area contributed by atoms with E-state index in [1.54, 1.807) is 24.3 Å². The maximum Gasteiger partial charge on any atom is 0.264 e. The van der Waals surface area contributed by atoms with Gasteiger partial charge in [0, 0.05) is 18.6 Å². The van der Waals surface area contributed by atoms with Crippen molar-refractivity contribution in [2.45, 2.75) is 10.9 Å². The quantitative estimate of drug-likeness (QED) is 0.888. The van der Waals surface area contributed by atoms with E-state index < -0.39 is 10.0 Å². The van der Waals surface area contributed by atoms with Crippen LogP contribution in [-0.4, -0.2) is 33.7 Å². The summed E-state index contributed by atoms with van der Waals surface area (Å²) in [7, 11) is -2.17. The van der Waals surface area contributed by atoms with Crippen molar-refractivity contribution in [2.75, 3.05) is 24.5 Å². The summed E-state index contributed by atoms with van der Waals surface area (Å²) in [4.78, 5) is 0.180. The van der Waals surface area contributed by atoms with E-state index in [0.29, 0.717) is 22.8 Å². The molecule has 1 aliphatic rings. The predicted octanol–water partition coefficient (Wildman–Crippen LogP) is 2.15. The van der Waals surface area contributed by atoms with Crippen LogP contribution in [0.2, 0.25) is 5.02 Å². The van der Waals surface area contributed by atoms with Crippen molar-refractivity contribution < 1.29 is 13.5 Å². The van der Waals surface area contributed by atoms with Gasteiger partial charge in [-0.25, -0.2) is 8.42 Å². The highest BCUT2D eigenvalue weighted by molar-refractivity contribution is 7.92. The number of nitrogens with zero attached hydrogens (tertiary/aromatic N) is 1. The molecule has 5 nitrogen and oxygen atoms in total. The topological polar surface area (TPSA) is 69.6 Å². The summed E-state index contributed by atoms with van der Waals surface area (Å²) < 4.78 is 27.2. The number of aliphatic hydroxyl groups is 1. The lowest BCUT2D eigenvalue weighted by Crippen LogP contribution is -2.26. The van der Waals surface area contributed by atoms with Gasteiger partial charge in [-0.05, 0) is 29.3 Å². The fourth-order valence-electron chi connectivity index (χ4n) is 2.86. The zero-order valence-electron chi connectivity index (χ0n) is 12.5. The highest BCUT2D eigenvalue weighted by atomic mass is 35.5. The van der Waals surface area contributed by atoms with Crippen molar-refractivity contribution in [3.8, 4) is 0 Å². The van der Waals surface area contributed by atoms with E-state index in [1.807, 2.05) is 12.1 Å². The van der Waals surface area contributed by atoms with Gasteiger partial charge in [0.15, 0.2) is 0 Å². The van der Waals surface area contributed by atoms with Crippen molar-refractivity contribution in [3.05, 3.63) is 58.6 Å². The number of halogens is 1. The van der Waals surface area contributed by atoms with Crippen molar-refractivity contribution in [3.63, 3.8) is 0 Å². The molecule has 0 aliphatic carbocycles. The standard InChI is InChI=1S/C16H17ClN2O3S/c1-19-14-5-3-2-4-12(14)16(18-8-9-20)13-7-6-11(17)10-15(13)23(19,21)22/h2-7,10,16,18,20H,8-9H2,1H3. The van der Waals surface area contributed by atoms with Gasteiger partial charge in [-0.3, -0.25) is 4.31 Å². The Bertz CT molecular complexity index is 839. The summed E-state index contributed by atoms with van der Waals surface area (Å²) in [5.74, 6) is 0. The van der Waals surface area contributed by atoms with Gasteiger partial charge in [-0.2, -0.15) is 0 Å². The van der Waals surface area contributed by atoms with Gasteiger partial charge >= 0.3 is 0 Å². The number of benzene rings is 2. The van der Waals surface area contributed by atoms with Gasteiger partial charge in [0.1, 0.15) is 0 Å². The molecule has 122 valence electrons. The third-order valence-electron chi connectivity index (χ3n) is 3.97. The molecule has 0 radical (unpaired) electrons. The molecule has 3 rings (SSSR count). The molecule has 2 aromatic rings. The van der Waals surface area contributed by atoms with Crippen LogP contribution in [0.3, 0.4) is 0 Å². The van der Waals surface area contributed by atoms with Crippen LogP contribution < -0.4 is 9.62 Å². The van der Waals surface area contributed by atoms with Crippen LogP contribution in [0.5, 0.6) is 0 Å². The number of nitrogens with one attached hydrogen (secondary N) is 1. The normalized spacial score (nSPS) is 18.9. The fraction of sp³-hybridized carbons (Fsp3) is 0.250. The molecule has 0 saturated heterocycles. The first-order valence-corrected chi connectivity index (χ1v) is 9.00. The van der Waals surface area contributed by atoms with Crippen molar-refractivity contribution in [1.82, 2.24) is 5.32 Å². The smallest absolute Gasteiger partial charge is 0.264 e. The molecule has 1 atom stereocenters. The molecule has 0 fully saturated rings. The Morgan fingerprint density at radius 2 is 1.96 bits per heavy atom. The van der Waals surface area contributed by atoms with Crippen molar-refractivity contribution in [1.29, 1.82) is 0 Å². The predicted molar refractivity (Wildman–Crippen MR) is 90.4 cm³/mol. The second kappa shape index (κ2) is 6.13. The third kappa shape index (κ3) is 2.72. The van der Waals surface area contributed by atoms with Crippen LogP contribution in [0.25, 0.3) is 0 Å². The number of anilines is 1. The van der Waals surface area contributed by atoms with E-state index in [-0.39, 0.29) is 17.5 Å². The third-order valence-corrected chi connectivity index (χ3v) is 6.03. The van der Waals surface area contributed by atoms with Crippen LogP contribution in [-0.2, 0) is 10.0 Å². The number of para-hydroxylation sites is 1. The first-order valence-electron chi connectivity index (χ1n) is 7.18. The first-order chi connectivity index (χ1) is 11.0. The van der Waals surface area contributed by atoms with Gasteiger partial charge in [0.25, 0.3) is 10.0 Å². The highest BCUT2D eigenvalue weighted by Crippen LogP contribution is 2.40. The SMILES string of the molecule is CN1c2ccccc2C(NCCO)c2ccc(Cl)cc2S1(=O)=O. The van der Waals surface area contributed by atoms with E-state index in [0.717, 1.165) is 5.56 Å². The van der Waals surface area contributed by atoms with Crippen LogP contribution in [0, 0.1) is 0 Å². The monoisotopic (exact) mass is 352 g/mol. The van der Waals surface area contributed by atoms with Crippen molar-refractivity contribution in [2.24, 2.45) is 0 Å². The Kier molecular flexibility index (Phi) is 4.33. The fourth-order valence-corrected chi connectivity index (χ4v) is 4.58. The molecule has 0 amide bonds. The lowest BCUT2D eigenvalue weighted by atomic mass is 9.97. The lowest BCUT2D eigenvalue weighted by molar-refractivity contribution is 0.288. The Labute approximate surface area is 140 Å². The molecular weight excluding hydrogens is 336 g/mol. The van der Waals surface area contributed by atoms with E-state index in [2.05, 4.69) is 5.32 Å². The highest BCUT2D eigenvalue weighted by Gasteiger charge is 2.34. The summed E-state index contributed by atoms with van der Waals surface area (Å²) in [5, 5.41) is 12.7. The molecule has 23 heavy (non-hydrogen) atoms. The molecule has 2 N–H and O–H groups in total. The number of hydrogen-bond acceptors (Lipinski definition) is 4. The molecular formula is C16H17ClN2O3S. The minimum Gasteiger partial charge on any atom is -0.395 e. The Balaban J connectivity index is 2.32. The van der Waals surface area contributed by atoms with Gasteiger partial charge in [0.2, 0.25) is 0 Å². The second-order valence-electron chi connectivity index (χ2n) is 5.32. The van der Waals surface area contributed by atoms with E-state index in [4.69, 9.17) is 16.7 Å². The first kappa shape index (κ1) is 16.3. The second-order valence-corrected chi connectivity index (χ2v) is 7.70. The molecule has 1 aliphatic heterocycles. The van der Waals surface area contributed by atoms with Crippen molar-refractivity contribution >= 4 is 27.3 Å². The molecule has 1 unspecified atom stereocenters. The minimum atomic E-state index is -3.70. The molecule has 0 saturated carbocycles. The Hall–Kier alpha value is -1.60. The summed E-state index contributed by atoms with van der Waals surface area (Å²) in [6, 6.07) is 11.9. The van der Waals surface area contributed by atoms with Crippen LogP contribution in [0.4, 0.5) is 5.69 Å². The number of hydrogen-bond donors (Lipinski definition) is 2. The molecule has 1 heterocycles. The summed E-state index contributed by atoms with van der Waals surface area (Å²) in [6.45, 7) is 0.314. The van der Waals surface area contributed by atoms with Gasteiger partial charge in [-0.1, -0.05) is 35.9 Å². The molecule has 0 spiro atoms. The average molecular weight is 353 g/mol. The summed E-state index contributed by atoms with van der Waals surface area (Å²) in [6.07, 6.45) is 0. The minimum absolute atomic E-state index is 0.0375. The van der Waals surface area contributed by atoms with E-state index in [9.17, 15) is 8.42 Å². The molecule has 0 bridgehead atoms. The van der Waals surface area contributed by atoms with Gasteiger partial charge in [0.05, 0.1) is 23.2 Å². The average Bonchev–Trinajstić information content (AvgIpc) is 2.61. The summed E-state index contributed by atoms with van der Waals surface area (Å²) >= 11 is 6.02. The number of sulfonamides is 1. The van der Waals surface area contributed by atoms with Crippen LogP contribution in [0.1, 0.15) is 17.2 Å².